The number of piperidine rings is 1. The molecule has 2 saturated heterocycles. The molecule has 1 aromatic carbocycles. The van der Waals surface area contributed by atoms with Gasteiger partial charge >= 0.3 is 12.1 Å². The number of carbonyl (C=O) groups excluding carboxylic acids is 3. The van der Waals surface area contributed by atoms with E-state index in [0.29, 0.717) is 32.6 Å². The Labute approximate surface area is 206 Å². The van der Waals surface area contributed by atoms with E-state index in [1.165, 1.54) is 11.8 Å². The van der Waals surface area contributed by atoms with Crippen molar-refractivity contribution in [1.82, 2.24) is 14.7 Å². The van der Waals surface area contributed by atoms with Crippen LogP contribution in [0.5, 0.6) is 0 Å². The van der Waals surface area contributed by atoms with Crippen LogP contribution in [0.2, 0.25) is 0 Å². The molecular formula is C26H37N3O6. The van der Waals surface area contributed by atoms with Gasteiger partial charge in [-0.3, -0.25) is 14.5 Å². The number of carbonyl (C=O) groups is 3. The second kappa shape index (κ2) is 11.0. The number of aliphatic hydroxyl groups is 1. The number of nitrogens with zero attached hydrogens (tertiary/aromatic N) is 3. The Balaban J connectivity index is 1.32. The molecule has 9 heteroatoms. The molecule has 1 saturated carbocycles. The lowest BCUT2D eigenvalue weighted by molar-refractivity contribution is -0.151. The van der Waals surface area contributed by atoms with Gasteiger partial charge in [-0.25, -0.2) is 4.79 Å². The Morgan fingerprint density at radius 3 is 2.51 bits per heavy atom. The molecule has 2 amide bonds. The highest BCUT2D eigenvalue weighted by molar-refractivity contribution is 5.86. The van der Waals surface area contributed by atoms with Gasteiger partial charge in [0.1, 0.15) is 19.3 Å². The zero-order chi connectivity index (χ0) is 25.0. The van der Waals surface area contributed by atoms with E-state index in [1.54, 1.807) is 11.8 Å². The summed E-state index contributed by atoms with van der Waals surface area (Å²) in [6.07, 6.45) is 3.05. The van der Waals surface area contributed by atoms with Crippen LogP contribution in [0.3, 0.4) is 0 Å². The first-order valence-electron chi connectivity index (χ1n) is 12.6. The first-order chi connectivity index (χ1) is 16.8. The maximum Gasteiger partial charge on any atom is 0.410 e. The predicted molar refractivity (Wildman–Crippen MR) is 128 cm³/mol. The maximum atomic E-state index is 13.3. The number of benzene rings is 1. The summed E-state index contributed by atoms with van der Waals surface area (Å²) in [4.78, 5) is 42.9. The van der Waals surface area contributed by atoms with Gasteiger partial charge in [0.2, 0.25) is 5.91 Å². The van der Waals surface area contributed by atoms with Gasteiger partial charge < -0.3 is 24.4 Å². The Kier molecular flexibility index (Phi) is 7.96. The molecule has 1 aromatic rings. The van der Waals surface area contributed by atoms with Crippen molar-refractivity contribution < 1.29 is 29.0 Å². The van der Waals surface area contributed by atoms with Gasteiger partial charge in [-0.05, 0) is 50.1 Å². The van der Waals surface area contributed by atoms with E-state index < -0.39 is 12.1 Å². The molecule has 2 heterocycles. The maximum absolute atomic E-state index is 13.3. The molecule has 1 N–H and O–H groups in total. The van der Waals surface area contributed by atoms with Crippen LogP contribution in [0.15, 0.2) is 30.3 Å². The lowest BCUT2D eigenvalue weighted by Crippen LogP contribution is -2.61. The summed E-state index contributed by atoms with van der Waals surface area (Å²) < 4.78 is 10.7. The number of amides is 2. The quantitative estimate of drug-likeness (QED) is 0.560. The summed E-state index contributed by atoms with van der Waals surface area (Å²) in [5, 5.41) is 10.5. The molecule has 0 bridgehead atoms. The number of rotatable bonds is 8. The van der Waals surface area contributed by atoms with Crippen LogP contribution < -0.4 is 0 Å². The van der Waals surface area contributed by atoms with E-state index in [0.717, 1.165) is 31.4 Å². The minimum atomic E-state index is -0.668. The van der Waals surface area contributed by atoms with Gasteiger partial charge in [-0.15, -0.1) is 0 Å². The molecule has 4 rings (SSSR count). The fourth-order valence-corrected chi connectivity index (χ4v) is 5.20. The summed E-state index contributed by atoms with van der Waals surface area (Å²) >= 11 is 0. The zero-order valence-corrected chi connectivity index (χ0v) is 20.7. The Bertz CT molecular complexity index is 906. The van der Waals surface area contributed by atoms with Crippen LogP contribution in [0, 0.1) is 5.41 Å². The van der Waals surface area contributed by atoms with E-state index in [4.69, 9.17) is 9.47 Å². The van der Waals surface area contributed by atoms with E-state index >= 15 is 0 Å². The van der Waals surface area contributed by atoms with Gasteiger partial charge in [0.15, 0.2) is 0 Å². The molecule has 0 radical (unpaired) electrons. The highest BCUT2D eigenvalue weighted by atomic mass is 16.6. The third kappa shape index (κ3) is 6.13. The number of β-amino-alcohol motifs (C(OH)–C–C–N with tert-alkyl or cyclic N) is 1. The van der Waals surface area contributed by atoms with Gasteiger partial charge in [0, 0.05) is 33.1 Å². The van der Waals surface area contributed by atoms with Crippen molar-refractivity contribution in [2.24, 2.45) is 5.41 Å². The summed E-state index contributed by atoms with van der Waals surface area (Å²) in [6.45, 7) is 6.32. The molecule has 9 nitrogen and oxygen atoms in total. The molecule has 3 fully saturated rings. The van der Waals surface area contributed by atoms with Gasteiger partial charge in [0.25, 0.3) is 0 Å². The summed E-state index contributed by atoms with van der Waals surface area (Å²) in [5.74, 6) is -0.566. The summed E-state index contributed by atoms with van der Waals surface area (Å²) in [5.41, 5.74) is 1.03. The fraction of sp³-hybridized carbons (Fsp3) is 0.654. The minimum Gasteiger partial charge on any atom is -0.464 e. The van der Waals surface area contributed by atoms with Crippen molar-refractivity contribution in [2.45, 2.75) is 64.3 Å². The number of hydrogen-bond acceptors (Lipinski definition) is 7. The molecule has 3 aliphatic rings. The lowest BCUT2D eigenvalue weighted by atomic mass is 9.90. The Morgan fingerprint density at radius 2 is 1.86 bits per heavy atom. The molecule has 2 unspecified atom stereocenters. The highest BCUT2D eigenvalue weighted by Gasteiger charge is 2.51. The molecule has 1 aliphatic carbocycles. The van der Waals surface area contributed by atoms with Crippen LogP contribution in [0.4, 0.5) is 4.79 Å². The monoisotopic (exact) mass is 487 g/mol. The average Bonchev–Trinajstić information content (AvgIpc) is 3.63. The number of piperazine rings is 1. The molecule has 2 aliphatic heterocycles. The van der Waals surface area contributed by atoms with E-state index in [1.807, 2.05) is 30.3 Å². The Morgan fingerprint density at radius 1 is 1.11 bits per heavy atom. The third-order valence-electron chi connectivity index (χ3n) is 7.78. The molecule has 35 heavy (non-hydrogen) atoms. The van der Waals surface area contributed by atoms with Crippen LogP contribution in [-0.4, -0.2) is 95.3 Å². The van der Waals surface area contributed by atoms with Crippen molar-refractivity contribution in [3.8, 4) is 0 Å². The van der Waals surface area contributed by atoms with Gasteiger partial charge in [-0.1, -0.05) is 30.3 Å². The van der Waals surface area contributed by atoms with Crippen LogP contribution in [0.25, 0.3) is 0 Å². The highest BCUT2D eigenvalue weighted by Crippen LogP contribution is 2.53. The standard InChI is InChI=1S/C26H37N3O6/c1-19-24(32)29(15-14-28(19)25(33)35-17-21-6-4-3-5-7-21)22(18-34-20(2)30)8-12-27-13-11-26(9-10-26)23(31)16-27/h3-7,19,22-23,31H,8-18H2,1-2H3/t19?,22-,23?/m0/s1. The van der Waals surface area contributed by atoms with Crippen molar-refractivity contribution >= 4 is 18.0 Å². The van der Waals surface area contributed by atoms with Crippen molar-refractivity contribution in [2.75, 3.05) is 39.3 Å². The van der Waals surface area contributed by atoms with Gasteiger partial charge in [0.05, 0.1) is 12.1 Å². The number of ether oxygens (including phenoxy) is 2. The van der Waals surface area contributed by atoms with Crippen molar-refractivity contribution in [3.63, 3.8) is 0 Å². The fourth-order valence-electron chi connectivity index (χ4n) is 5.20. The summed E-state index contributed by atoms with van der Waals surface area (Å²) in [6, 6.07) is 8.46. The van der Waals surface area contributed by atoms with Gasteiger partial charge in [-0.2, -0.15) is 0 Å². The first kappa shape index (κ1) is 25.4. The molecule has 0 aromatic heterocycles. The number of aliphatic hydroxyl groups excluding tert-OH is 1. The smallest absolute Gasteiger partial charge is 0.410 e. The molecule has 192 valence electrons. The van der Waals surface area contributed by atoms with E-state index in [2.05, 4.69) is 4.90 Å². The predicted octanol–water partition coefficient (Wildman–Crippen LogP) is 2.02. The van der Waals surface area contributed by atoms with Crippen LogP contribution in [0.1, 0.15) is 45.1 Å². The molecule has 1 spiro atoms. The topological polar surface area (TPSA) is 99.6 Å². The largest absolute Gasteiger partial charge is 0.464 e. The lowest BCUT2D eigenvalue weighted by Gasteiger charge is -2.43. The molecular weight excluding hydrogens is 450 g/mol. The number of esters is 1. The molecule has 3 atom stereocenters. The average molecular weight is 488 g/mol. The summed E-state index contributed by atoms with van der Waals surface area (Å²) in [7, 11) is 0. The normalized spacial score (nSPS) is 24.8. The van der Waals surface area contributed by atoms with Crippen molar-refractivity contribution in [1.29, 1.82) is 0 Å². The van der Waals surface area contributed by atoms with Crippen molar-refractivity contribution in [3.05, 3.63) is 35.9 Å². The minimum absolute atomic E-state index is 0.118. The first-order valence-corrected chi connectivity index (χ1v) is 12.6. The van der Waals surface area contributed by atoms with Crippen LogP contribution >= 0.6 is 0 Å². The number of hydrogen-bond donors (Lipinski definition) is 1. The van der Waals surface area contributed by atoms with Crippen LogP contribution in [-0.2, 0) is 25.7 Å². The Hall–Kier alpha value is -2.65. The zero-order valence-electron chi connectivity index (χ0n) is 20.7. The SMILES string of the molecule is CC(=O)OC[C@H](CCN1CCC2(CC2)C(O)C1)N1CCN(C(=O)OCc2ccccc2)C(C)C1=O. The second-order valence-corrected chi connectivity index (χ2v) is 10.1. The van der Waals surface area contributed by atoms with E-state index in [-0.39, 0.29) is 42.7 Å². The number of likely N-dealkylation sites (tertiary alicyclic amines) is 1. The third-order valence-corrected chi connectivity index (χ3v) is 7.78. The second-order valence-electron chi connectivity index (χ2n) is 10.1. The van der Waals surface area contributed by atoms with E-state index in [9.17, 15) is 19.5 Å².